The van der Waals surface area contributed by atoms with Crippen molar-refractivity contribution in [3.05, 3.63) is 18.2 Å². The van der Waals surface area contributed by atoms with E-state index in [2.05, 4.69) is 11.7 Å². The molecule has 2 N–H and O–H groups in total. The van der Waals surface area contributed by atoms with Crippen molar-refractivity contribution in [2.75, 3.05) is 0 Å². The zero-order chi connectivity index (χ0) is 7.56. The highest BCUT2D eigenvalue weighted by molar-refractivity contribution is 8.68. The van der Waals surface area contributed by atoms with Crippen molar-refractivity contribution in [1.29, 1.82) is 0 Å². The SMILES string of the molecule is Oc1cccc(O)c1SS. The summed E-state index contributed by atoms with van der Waals surface area (Å²) < 4.78 is 0. The zero-order valence-electron chi connectivity index (χ0n) is 4.98. The first-order valence-corrected chi connectivity index (χ1v) is 4.45. The second-order valence-electron chi connectivity index (χ2n) is 1.72. The smallest absolute Gasteiger partial charge is 0.133 e. The van der Waals surface area contributed by atoms with E-state index >= 15 is 0 Å². The second kappa shape index (κ2) is 3.07. The summed E-state index contributed by atoms with van der Waals surface area (Å²) in [4.78, 5) is 0.394. The fourth-order valence-electron chi connectivity index (χ4n) is 0.607. The first kappa shape index (κ1) is 7.63. The first-order valence-electron chi connectivity index (χ1n) is 2.58. The molecule has 2 nitrogen and oxygen atoms in total. The van der Waals surface area contributed by atoms with Crippen LogP contribution in [-0.4, -0.2) is 10.2 Å². The quantitative estimate of drug-likeness (QED) is 0.450. The van der Waals surface area contributed by atoms with Gasteiger partial charge in [0.2, 0.25) is 0 Å². The number of thiol groups is 1. The van der Waals surface area contributed by atoms with Crippen LogP contribution in [0, 0.1) is 0 Å². The van der Waals surface area contributed by atoms with Gasteiger partial charge >= 0.3 is 0 Å². The monoisotopic (exact) mass is 174 g/mol. The van der Waals surface area contributed by atoms with Gasteiger partial charge in [0.05, 0.1) is 0 Å². The van der Waals surface area contributed by atoms with E-state index in [-0.39, 0.29) is 11.5 Å². The highest BCUT2D eigenvalue weighted by Crippen LogP contribution is 2.37. The summed E-state index contributed by atoms with van der Waals surface area (Å²) >= 11 is 3.85. The van der Waals surface area contributed by atoms with Gasteiger partial charge in [-0.2, -0.15) is 0 Å². The number of rotatable bonds is 1. The molecule has 0 aromatic heterocycles. The minimum absolute atomic E-state index is 0.0556. The normalized spacial score (nSPS) is 9.70. The summed E-state index contributed by atoms with van der Waals surface area (Å²) in [5.74, 6) is 0.111. The Morgan fingerprint density at radius 1 is 1.20 bits per heavy atom. The average Bonchev–Trinajstić information content (AvgIpc) is 1.88. The van der Waals surface area contributed by atoms with Crippen LogP contribution < -0.4 is 0 Å². The van der Waals surface area contributed by atoms with E-state index < -0.39 is 0 Å². The van der Waals surface area contributed by atoms with Crippen LogP contribution >= 0.6 is 22.5 Å². The van der Waals surface area contributed by atoms with Crippen LogP contribution in [0.4, 0.5) is 0 Å². The molecule has 0 fully saturated rings. The molecular weight excluding hydrogens is 168 g/mol. The van der Waals surface area contributed by atoms with Crippen LogP contribution in [0.25, 0.3) is 0 Å². The summed E-state index contributed by atoms with van der Waals surface area (Å²) in [7, 11) is 1.02. The van der Waals surface area contributed by atoms with Gasteiger partial charge in [0, 0.05) is 0 Å². The molecule has 1 rings (SSSR count). The Labute approximate surface area is 67.7 Å². The molecule has 0 radical (unpaired) electrons. The summed E-state index contributed by atoms with van der Waals surface area (Å²) in [6.07, 6.45) is 0. The van der Waals surface area contributed by atoms with E-state index in [1.54, 1.807) is 6.07 Å². The van der Waals surface area contributed by atoms with Gasteiger partial charge in [-0.1, -0.05) is 16.9 Å². The third-order valence-electron chi connectivity index (χ3n) is 1.06. The lowest BCUT2D eigenvalue weighted by Gasteiger charge is -2.00. The number of hydrogen-bond donors (Lipinski definition) is 3. The lowest BCUT2D eigenvalue weighted by Crippen LogP contribution is -1.71. The lowest BCUT2D eigenvalue weighted by molar-refractivity contribution is 0.428. The van der Waals surface area contributed by atoms with Gasteiger partial charge in [0.1, 0.15) is 16.4 Å². The molecule has 0 amide bonds. The van der Waals surface area contributed by atoms with E-state index in [1.165, 1.54) is 12.1 Å². The molecule has 0 bridgehead atoms. The van der Waals surface area contributed by atoms with Crippen molar-refractivity contribution >= 4 is 22.5 Å². The van der Waals surface area contributed by atoms with Crippen LogP contribution in [0.3, 0.4) is 0 Å². The number of benzene rings is 1. The van der Waals surface area contributed by atoms with Crippen molar-refractivity contribution in [3.8, 4) is 11.5 Å². The van der Waals surface area contributed by atoms with E-state index in [9.17, 15) is 0 Å². The van der Waals surface area contributed by atoms with Crippen molar-refractivity contribution < 1.29 is 10.2 Å². The molecule has 0 aliphatic rings. The Morgan fingerprint density at radius 3 is 2.00 bits per heavy atom. The minimum Gasteiger partial charge on any atom is -0.507 e. The molecule has 54 valence electrons. The van der Waals surface area contributed by atoms with E-state index in [0.29, 0.717) is 4.90 Å². The summed E-state index contributed by atoms with van der Waals surface area (Å²) in [6.45, 7) is 0. The molecule has 1 aromatic rings. The van der Waals surface area contributed by atoms with E-state index in [0.717, 1.165) is 10.8 Å². The Morgan fingerprint density at radius 2 is 1.70 bits per heavy atom. The topological polar surface area (TPSA) is 40.5 Å². The molecule has 10 heavy (non-hydrogen) atoms. The Kier molecular flexibility index (Phi) is 2.34. The largest absolute Gasteiger partial charge is 0.507 e. The Balaban J connectivity index is 3.17. The van der Waals surface area contributed by atoms with Crippen LogP contribution in [-0.2, 0) is 0 Å². The van der Waals surface area contributed by atoms with Gasteiger partial charge in [-0.3, -0.25) is 0 Å². The van der Waals surface area contributed by atoms with Crippen LogP contribution in [0.15, 0.2) is 23.1 Å². The third kappa shape index (κ3) is 1.33. The van der Waals surface area contributed by atoms with Gasteiger partial charge in [-0.25, -0.2) is 0 Å². The molecule has 0 unspecified atom stereocenters. The van der Waals surface area contributed by atoms with Gasteiger partial charge < -0.3 is 10.2 Å². The second-order valence-corrected chi connectivity index (χ2v) is 2.86. The molecule has 1 aromatic carbocycles. The predicted molar refractivity (Wildman–Crippen MR) is 44.6 cm³/mol. The maximum Gasteiger partial charge on any atom is 0.133 e. The number of phenols is 2. The number of phenolic OH excluding ortho intramolecular Hbond substituents is 2. The van der Waals surface area contributed by atoms with Crippen molar-refractivity contribution in [1.82, 2.24) is 0 Å². The molecule has 0 atom stereocenters. The molecule has 0 saturated heterocycles. The maximum absolute atomic E-state index is 9.06. The summed E-state index contributed by atoms with van der Waals surface area (Å²) in [6, 6.07) is 4.56. The Bertz CT molecular complexity index is 217. The van der Waals surface area contributed by atoms with Crippen LogP contribution in [0.5, 0.6) is 11.5 Å². The minimum atomic E-state index is 0.0556. The average molecular weight is 174 g/mol. The van der Waals surface area contributed by atoms with E-state index in [1.807, 2.05) is 0 Å². The predicted octanol–water partition coefficient (Wildman–Crippen LogP) is 2.03. The molecule has 0 saturated carbocycles. The van der Waals surface area contributed by atoms with Crippen LogP contribution in [0.1, 0.15) is 0 Å². The molecule has 0 heterocycles. The molecule has 0 spiro atoms. The van der Waals surface area contributed by atoms with E-state index in [4.69, 9.17) is 10.2 Å². The van der Waals surface area contributed by atoms with Crippen molar-refractivity contribution in [3.63, 3.8) is 0 Å². The molecule has 4 heteroatoms. The number of hydrogen-bond acceptors (Lipinski definition) is 4. The highest BCUT2D eigenvalue weighted by Gasteiger charge is 2.03. The first-order chi connectivity index (χ1) is 4.75. The maximum atomic E-state index is 9.06. The van der Waals surface area contributed by atoms with Crippen molar-refractivity contribution in [2.24, 2.45) is 0 Å². The number of aromatic hydroxyl groups is 2. The standard InChI is InChI=1S/C6H6O2S2/c7-4-2-1-3-5(8)6(4)10-9/h1-3,7-9H. The van der Waals surface area contributed by atoms with Crippen molar-refractivity contribution in [2.45, 2.75) is 4.90 Å². The zero-order valence-corrected chi connectivity index (χ0v) is 6.69. The molecule has 0 aliphatic heterocycles. The van der Waals surface area contributed by atoms with Crippen LogP contribution in [0.2, 0.25) is 0 Å². The van der Waals surface area contributed by atoms with Gasteiger partial charge in [0.25, 0.3) is 0 Å². The third-order valence-corrected chi connectivity index (χ3v) is 2.21. The summed E-state index contributed by atoms with van der Waals surface area (Å²) in [5, 5.41) is 18.1. The fourth-order valence-corrected chi connectivity index (χ4v) is 1.49. The van der Waals surface area contributed by atoms with Gasteiger partial charge in [0.15, 0.2) is 0 Å². The Hall–Kier alpha value is -0.480. The molecular formula is C6H6O2S2. The summed E-state index contributed by atoms with van der Waals surface area (Å²) in [5.41, 5.74) is 0. The molecule has 0 aliphatic carbocycles. The van der Waals surface area contributed by atoms with Gasteiger partial charge in [-0.05, 0) is 12.1 Å². The lowest BCUT2D eigenvalue weighted by atomic mass is 10.3. The van der Waals surface area contributed by atoms with Gasteiger partial charge in [-0.15, -0.1) is 11.7 Å². The fraction of sp³-hybridized carbons (Fsp3) is 0. The highest BCUT2D eigenvalue weighted by atomic mass is 33.1.